The summed E-state index contributed by atoms with van der Waals surface area (Å²) in [5, 5.41) is 0. The molecule has 2 saturated carbocycles. The van der Waals surface area contributed by atoms with Gasteiger partial charge in [0.25, 0.3) is 10.1 Å². The molecule has 1 aliphatic heterocycles. The average molecular weight is 513 g/mol. The van der Waals surface area contributed by atoms with E-state index < -0.39 is 10.1 Å². The maximum absolute atomic E-state index is 10.4. The van der Waals surface area contributed by atoms with Crippen LogP contribution < -0.4 is 4.90 Å². The number of para-hydroxylation sites is 1. The minimum absolute atomic E-state index is 0.0741. The molecule has 5 nitrogen and oxygen atoms in total. The predicted octanol–water partition coefficient (Wildman–Crippen LogP) is 6.47. The Bertz CT molecular complexity index is 1090. The average Bonchev–Trinajstić information content (AvgIpc) is 3.62. The number of hydrogen-bond donors (Lipinski definition) is 1. The van der Waals surface area contributed by atoms with E-state index in [0.717, 1.165) is 5.92 Å². The van der Waals surface area contributed by atoms with Crippen LogP contribution in [0.4, 0.5) is 5.69 Å². The van der Waals surface area contributed by atoms with Gasteiger partial charge in [0.2, 0.25) is 0 Å². The number of piperazine rings is 1. The Morgan fingerprint density at radius 3 is 1.92 bits per heavy atom. The molecule has 0 atom stereocenters. The SMILES string of the molecule is CC1(C)CC(c2ccccc2N2CCN(CC3CC3)CC2)CC(C)(C)C1.O=S(=O)(O)c1ccccc1. The second kappa shape index (κ2) is 10.8. The Labute approximate surface area is 218 Å². The van der Waals surface area contributed by atoms with E-state index in [1.54, 1.807) is 23.8 Å². The molecule has 1 heterocycles. The number of anilines is 1. The maximum atomic E-state index is 10.4. The molecular weight excluding hydrogens is 468 g/mol. The lowest BCUT2D eigenvalue weighted by atomic mass is 9.60. The lowest BCUT2D eigenvalue weighted by Gasteiger charge is -2.46. The molecule has 2 aromatic carbocycles. The zero-order chi connectivity index (χ0) is 26.0. The van der Waals surface area contributed by atoms with Gasteiger partial charge in [0.05, 0.1) is 4.90 Å². The molecule has 1 saturated heterocycles. The molecule has 0 aromatic heterocycles. The highest BCUT2D eigenvalue weighted by molar-refractivity contribution is 7.85. The van der Waals surface area contributed by atoms with Crippen LogP contribution in [0.15, 0.2) is 59.5 Å². The summed E-state index contributed by atoms with van der Waals surface area (Å²) in [7, 11) is -4.00. The topological polar surface area (TPSA) is 60.9 Å². The van der Waals surface area contributed by atoms with Gasteiger partial charge in [0, 0.05) is 38.4 Å². The van der Waals surface area contributed by atoms with E-state index in [-0.39, 0.29) is 4.90 Å². The second-order valence-electron chi connectivity index (χ2n) is 12.7. The Balaban J connectivity index is 0.000000256. The first kappa shape index (κ1) is 27.2. The van der Waals surface area contributed by atoms with Crippen LogP contribution >= 0.6 is 0 Å². The predicted molar refractivity (Wildman–Crippen MR) is 148 cm³/mol. The number of benzene rings is 2. The van der Waals surface area contributed by atoms with Crippen LogP contribution in [0.25, 0.3) is 0 Å². The van der Waals surface area contributed by atoms with Crippen molar-refractivity contribution < 1.29 is 13.0 Å². The van der Waals surface area contributed by atoms with E-state index >= 15 is 0 Å². The second-order valence-corrected chi connectivity index (χ2v) is 14.1. The maximum Gasteiger partial charge on any atom is 0.294 e. The molecule has 3 aliphatic rings. The van der Waals surface area contributed by atoms with Crippen LogP contribution in [0.3, 0.4) is 0 Å². The highest BCUT2D eigenvalue weighted by Gasteiger charge is 2.40. The summed E-state index contributed by atoms with van der Waals surface area (Å²) in [5.74, 6) is 1.72. The molecule has 198 valence electrons. The van der Waals surface area contributed by atoms with Crippen molar-refractivity contribution in [2.45, 2.75) is 70.6 Å². The summed E-state index contributed by atoms with van der Waals surface area (Å²) >= 11 is 0. The van der Waals surface area contributed by atoms with Crippen molar-refractivity contribution in [3.8, 4) is 0 Å². The first-order chi connectivity index (χ1) is 16.9. The van der Waals surface area contributed by atoms with E-state index in [1.165, 1.54) is 82.6 Å². The zero-order valence-electron chi connectivity index (χ0n) is 22.5. The summed E-state index contributed by atoms with van der Waals surface area (Å²) in [6, 6.07) is 16.7. The van der Waals surface area contributed by atoms with Crippen molar-refractivity contribution in [2.75, 3.05) is 37.6 Å². The van der Waals surface area contributed by atoms with E-state index in [2.05, 4.69) is 61.8 Å². The number of nitrogens with zero attached hydrogens (tertiary/aromatic N) is 2. The zero-order valence-corrected chi connectivity index (χ0v) is 23.3. The molecule has 5 rings (SSSR count). The van der Waals surface area contributed by atoms with E-state index in [4.69, 9.17) is 4.55 Å². The molecule has 0 bridgehead atoms. The fourth-order valence-corrected chi connectivity index (χ4v) is 7.12. The van der Waals surface area contributed by atoms with Crippen LogP contribution in [0, 0.1) is 16.7 Å². The summed E-state index contributed by atoms with van der Waals surface area (Å²) in [6.07, 6.45) is 6.94. The van der Waals surface area contributed by atoms with Gasteiger partial charge in [-0.3, -0.25) is 9.45 Å². The minimum Gasteiger partial charge on any atom is -0.369 e. The molecule has 2 aliphatic carbocycles. The van der Waals surface area contributed by atoms with Crippen LogP contribution in [0.1, 0.15) is 71.3 Å². The highest BCUT2D eigenvalue weighted by Crippen LogP contribution is 2.53. The molecular formula is C30H44N2O3S. The molecule has 1 N–H and O–H groups in total. The van der Waals surface area contributed by atoms with Gasteiger partial charge in [-0.25, -0.2) is 0 Å². The summed E-state index contributed by atoms with van der Waals surface area (Å²) in [5.41, 5.74) is 4.03. The van der Waals surface area contributed by atoms with Crippen LogP contribution in [0.5, 0.6) is 0 Å². The third kappa shape index (κ3) is 7.56. The van der Waals surface area contributed by atoms with E-state index in [9.17, 15) is 8.42 Å². The van der Waals surface area contributed by atoms with Gasteiger partial charge < -0.3 is 4.90 Å². The Hall–Kier alpha value is -1.89. The highest BCUT2D eigenvalue weighted by atomic mass is 32.2. The van der Waals surface area contributed by atoms with Gasteiger partial charge in [-0.05, 0) is 78.5 Å². The standard InChI is InChI=1S/C24H38N2.C6H6O3S/c1-23(2)15-20(16-24(3,4)18-23)21-7-5-6-8-22(21)26-13-11-25(12-14-26)17-19-9-10-19;7-10(8,9)6-4-2-1-3-5-6/h5-8,19-20H,9-18H2,1-4H3;1-5H,(H,7,8,9). The minimum atomic E-state index is -4.00. The van der Waals surface area contributed by atoms with Crippen molar-refractivity contribution in [3.05, 3.63) is 60.2 Å². The van der Waals surface area contributed by atoms with Crippen LogP contribution in [-0.2, 0) is 10.1 Å². The summed E-state index contributed by atoms with van der Waals surface area (Å²) < 4.78 is 29.2. The largest absolute Gasteiger partial charge is 0.369 e. The lowest BCUT2D eigenvalue weighted by Crippen LogP contribution is -2.47. The van der Waals surface area contributed by atoms with Crippen LogP contribution in [-0.4, -0.2) is 50.6 Å². The lowest BCUT2D eigenvalue weighted by molar-refractivity contribution is 0.0970. The summed E-state index contributed by atoms with van der Waals surface area (Å²) in [6.45, 7) is 16.1. The molecule has 0 radical (unpaired) electrons. The molecule has 3 fully saturated rings. The van der Waals surface area contributed by atoms with Gasteiger partial charge in [0.1, 0.15) is 0 Å². The molecule has 0 unspecified atom stereocenters. The van der Waals surface area contributed by atoms with Crippen molar-refractivity contribution in [3.63, 3.8) is 0 Å². The van der Waals surface area contributed by atoms with E-state index in [1.807, 2.05) is 0 Å². The normalized spacial score (nSPS) is 22.5. The monoisotopic (exact) mass is 512 g/mol. The van der Waals surface area contributed by atoms with Gasteiger partial charge in [0.15, 0.2) is 0 Å². The van der Waals surface area contributed by atoms with Gasteiger partial charge >= 0.3 is 0 Å². The molecule has 0 spiro atoms. The fraction of sp³-hybridized carbons (Fsp3) is 0.600. The fourth-order valence-electron chi connectivity index (χ4n) is 6.62. The summed E-state index contributed by atoms with van der Waals surface area (Å²) in [4.78, 5) is 5.30. The quantitative estimate of drug-likeness (QED) is 0.465. The smallest absolute Gasteiger partial charge is 0.294 e. The first-order valence-electron chi connectivity index (χ1n) is 13.5. The van der Waals surface area contributed by atoms with Crippen LogP contribution in [0.2, 0.25) is 0 Å². The van der Waals surface area contributed by atoms with E-state index in [0.29, 0.717) is 16.7 Å². The number of hydrogen-bond acceptors (Lipinski definition) is 4. The van der Waals surface area contributed by atoms with Crippen molar-refractivity contribution in [1.82, 2.24) is 4.90 Å². The Morgan fingerprint density at radius 2 is 1.39 bits per heavy atom. The Morgan fingerprint density at radius 1 is 0.833 bits per heavy atom. The van der Waals surface area contributed by atoms with Crippen molar-refractivity contribution in [2.24, 2.45) is 16.7 Å². The third-order valence-corrected chi connectivity index (χ3v) is 8.77. The molecule has 6 heteroatoms. The first-order valence-corrected chi connectivity index (χ1v) is 14.9. The molecule has 36 heavy (non-hydrogen) atoms. The van der Waals surface area contributed by atoms with Gasteiger partial charge in [-0.15, -0.1) is 0 Å². The Kier molecular flexibility index (Phi) is 8.18. The van der Waals surface area contributed by atoms with Crippen molar-refractivity contribution >= 4 is 15.8 Å². The molecule has 2 aromatic rings. The number of rotatable bonds is 5. The van der Waals surface area contributed by atoms with Gasteiger partial charge in [-0.1, -0.05) is 64.1 Å². The van der Waals surface area contributed by atoms with Crippen molar-refractivity contribution in [1.29, 1.82) is 0 Å². The van der Waals surface area contributed by atoms with Gasteiger partial charge in [-0.2, -0.15) is 8.42 Å². The molecule has 0 amide bonds. The third-order valence-electron chi connectivity index (χ3n) is 7.90.